The quantitative estimate of drug-likeness (QED) is 0.426. The molecule has 0 radical (unpaired) electrons. The normalized spacial score (nSPS) is 13.8. The Hall–Kier alpha value is -3.45. The molecule has 0 saturated heterocycles. The molecular weight excluding hydrogens is 443 g/mol. The second kappa shape index (κ2) is 10.9. The van der Waals surface area contributed by atoms with Gasteiger partial charge in [-0.05, 0) is 56.2 Å². The summed E-state index contributed by atoms with van der Waals surface area (Å²) in [5.41, 5.74) is 4.97. The maximum absolute atomic E-state index is 13.0. The van der Waals surface area contributed by atoms with E-state index < -0.39 is 5.82 Å². The number of pyridine rings is 2. The third-order valence-electron chi connectivity index (χ3n) is 6.35. The summed E-state index contributed by atoms with van der Waals surface area (Å²) < 4.78 is 20.2. The number of fused-ring (bicyclic) bond motifs is 3. The molecule has 184 valence electrons. The van der Waals surface area contributed by atoms with Gasteiger partial charge in [0.15, 0.2) is 0 Å². The van der Waals surface area contributed by atoms with Gasteiger partial charge in [-0.3, -0.25) is 14.3 Å². The Labute approximate surface area is 205 Å². The lowest BCUT2D eigenvalue weighted by Crippen LogP contribution is -2.33. The highest BCUT2D eigenvalue weighted by atomic mass is 19.1. The van der Waals surface area contributed by atoms with Crippen molar-refractivity contribution in [2.45, 2.75) is 53.2 Å². The minimum atomic E-state index is -0.394. The second-order valence-electron chi connectivity index (χ2n) is 8.77. The smallest absolute Gasteiger partial charge is 0.258 e. The van der Waals surface area contributed by atoms with Crippen LogP contribution in [0.5, 0.6) is 5.75 Å². The number of hydrogen-bond donors (Lipinski definition) is 1. The van der Waals surface area contributed by atoms with E-state index in [4.69, 9.17) is 4.74 Å². The number of nitrogens with zero attached hydrogens (tertiary/aromatic N) is 3. The van der Waals surface area contributed by atoms with Gasteiger partial charge in [-0.2, -0.15) is 0 Å². The number of benzene rings is 1. The standard InChI is InChI=1S/C26H27FN4O2.C2H6/c1-17(2)30-10-8-23-22-6-5-20(13-25(22)29-24(23)9-11-30)31-12-7-21(14-26(31)32)33-16-19-4-3-18(27)15-28-19;1-2/h3-7,12-15,17,29H,8-11,16H2,1-2H3;1-2H3. The number of aromatic amines is 1. The summed E-state index contributed by atoms with van der Waals surface area (Å²) in [6.45, 7) is 10.8. The van der Waals surface area contributed by atoms with Crippen LogP contribution in [0.3, 0.4) is 0 Å². The van der Waals surface area contributed by atoms with Crippen LogP contribution in [0.25, 0.3) is 16.6 Å². The van der Waals surface area contributed by atoms with Gasteiger partial charge >= 0.3 is 0 Å². The molecule has 0 fully saturated rings. The number of halogens is 1. The highest BCUT2D eigenvalue weighted by molar-refractivity contribution is 5.86. The van der Waals surface area contributed by atoms with Gasteiger partial charge in [0.25, 0.3) is 5.56 Å². The Morgan fingerprint density at radius 3 is 2.60 bits per heavy atom. The maximum Gasteiger partial charge on any atom is 0.258 e. The number of hydrogen-bond acceptors (Lipinski definition) is 4. The van der Waals surface area contributed by atoms with E-state index in [9.17, 15) is 9.18 Å². The van der Waals surface area contributed by atoms with Crippen LogP contribution in [0.1, 0.15) is 44.6 Å². The fourth-order valence-electron chi connectivity index (χ4n) is 4.50. The first kappa shape index (κ1) is 24.7. The maximum atomic E-state index is 13.0. The molecule has 0 bridgehead atoms. The van der Waals surface area contributed by atoms with Crippen molar-refractivity contribution in [3.8, 4) is 11.4 Å². The van der Waals surface area contributed by atoms with Crippen LogP contribution < -0.4 is 10.3 Å². The molecule has 7 heteroatoms. The minimum absolute atomic E-state index is 0.165. The van der Waals surface area contributed by atoms with Gasteiger partial charge in [-0.1, -0.05) is 19.9 Å². The van der Waals surface area contributed by atoms with E-state index in [1.54, 1.807) is 22.9 Å². The summed E-state index contributed by atoms with van der Waals surface area (Å²) in [7, 11) is 0. The number of aromatic nitrogens is 3. The Kier molecular flexibility index (Phi) is 7.66. The molecule has 0 amide bonds. The zero-order valence-electron chi connectivity index (χ0n) is 20.8. The number of H-pyrrole nitrogens is 1. The topological polar surface area (TPSA) is 63.1 Å². The number of nitrogens with one attached hydrogen (secondary N) is 1. The SMILES string of the molecule is CC.CC(C)N1CCc2[nH]c3cc(-n4ccc(OCc5ccc(F)cn5)cc4=O)ccc3c2CC1. The van der Waals surface area contributed by atoms with Gasteiger partial charge in [0.05, 0.1) is 17.6 Å². The van der Waals surface area contributed by atoms with Gasteiger partial charge in [0, 0.05) is 54.4 Å². The summed E-state index contributed by atoms with van der Waals surface area (Å²) in [5, 5.41) is 1.24. The first-order chi connectivity index (χ1) is 17.0. The Bertz CT molecular complexity index is 1340. The van der Waals surface area contributed by atoms with Crippen LogP contribution in [-0.4, -0.2) is 38.6 Å². The van der Waals surface area contributed by atoms with Crippen molar-refractivity contribution in [2.24, 2.45) is 0 Å². The third-order valence-corrected chi connectivity index (χ3v) is 6.35. The van der Waals surface area contributed by atoms with Crippen molar-refractivity contribution in [1.29, 1.82) is 0 Å². The molecule has 4 aromatic rings. The van der Waals surface area contributed by atoms with Crippen molar-refractivity contribution in [2.75, 3.05) is 13.1 Å². The lowest BCUT2D eigenvalue weighted by Gasteiger charge is -2.24. The zero-order chi connectivity index (χ0) is 24.9. The Balaban J connectivity index is 0.00000141. The first-order valence-electron chi connectivity index (χ1n) is 12.3. The third kappa shape index (κ3) is 5.46. The minimum Gasteiger partial charge on any atom is -0.487 e. The Morgan fingerprint density at radius 1 is 1.09 bits per heavy atom. The molecule has 0 unspecified atom stereocenters. The van der Waals surface area contributed by atoms with Gasteiger partial charge < -0.3 is 14.6 Å². The van der Waals surface area contributed by atoms with Crippen LogP contribution in [0.2, 0.25) is 0 Å². The largest absolute Gasteiger partial charge is 0.487 e. The van der Waals surface area contributed by atoms with Gasteiger partial charge in [0.1, 0.15) is 18.2 Å². The van der Waals surface area contributed by atoms with E-state index in [-0.39, 0.29) is 12.2 Å². The van der Waals surface area contributed by atoms with Gasteiger partial charge in [-0.15, -0.1) is 0 Å². The van der Waals surface area contributed by atoms with E-state index >= 15 is 0 Å². The fraction of sp³-hybridized carbons (Fsp3) is 0.357. The van der Waals surface area contributed by atoms with Crippen molar-refractivity contribution >= 4 is 10.9 Å². The molecule has 6 nitrogen and oxygen atoms in total. The van der Waals surface area contributed by atoms with E-state index in [1.807, 2.05) is 26.0 Å². The van der Waals surface area contributed by atoms with Crippen LogP contribution in [0.15, 0.2) is 59.7 Å². The van der Waals surface area contributed by atoms with Gasteiger partial charge in [0.2, 0.25) is 0 Å². The van der Waals surface area contributed by atoms with Crippen molar-refractivity contribution in [1.82, 2.24) is 19.4 Å². The first-order valence-corrected chi connectivity index (χ1v) is 12.3. The number of rotatable bonds is 5. The summed E-state index contributed by atoms with van der Waals surface area (Å²) in [5.74, 6) is 0.0547. The summed E-state index contributed by atoms with van der Waals surface area (Å²) >= 11 is 0. The van der Waals surface area contributed by atoms with Crippen molar-refractivity contribution in [3.63, 3.8) is 0 Å². The highest BCUT2D eigenvalue weighted by Gasteiger charge is 2.20. The average Bonchev–Trinajstić information content (AvgIpc) is 3.07. The van der Waals surface area contributed by atoms with Crippen LogP contribution in [0, 0.1) is 5.82 Å². The van der Waals surface area contributed by atoms with E-state index in [2.05, 4.69) is 34.8 Å². The Morgan fingerprint density at radius 2 is 1.89 bits per heavy atom. The summed E-state index contributed by atoms with van der Waals surface area (Å²) in [6, 6.07) is 12.8. The molecule has 1 aliphatic rings. The van der Waals surface area contributed by atoms with Crippen molar-refractivity contribution < 1.29 is 9.13 Å². The molecule has 1 aromatic carbocycles. The van der Waals surface area contributed by atoms with E-state index in [0.717, 1.165) is 43.3 Å². The van der Waals surface area contributed by atoms with Crippen LogP contribution in [0.4, 0.5) is 4.39 Å². The molecule has 3 aromatic heterocycles. The number of ether oxygens (including phenoxy) is 1. The van der Waals surface area contributed by atoms with Gasteiger partial charge in [-0.25, -0.2) is 4.39 Å². The predicted molar refractivity (Wildman–Crippen MR) is 138 cm³/mol. The molecule has 0 aliphatic carbocycles. The summed E-state index contributed by atoms with van der Waals surface area (Å²) in [6.07, 6.45) is 4.90. The lowest BCUT2D eigenvalue weighted by molar-refractivity contribution is 0.232. The molecular formula is C28H33FN4O2. The van der Waals surface area contributed by atoms with Crippen molar-refractivity contribution in [3.05, 3.63) is 88.0 Å². The lowest BCUT2D eigenvalue weighted by atomic mass is 10.1. The highest BCUT2D eigenvalue weighted by Crippen LogP contribution is 2.28. The monoisotopic (exact) mass is 476 g/mol. The fourth-order valence-corrected chi connectivity index (χ4v) is 4.50. The summed E-state index contributed by atoms with van der Waals surface area (Å²) in [4.78, 5) is 22.9. The van der Waals surface area contributed by atoms with Crippen LogP contribution in [-0.2, 0) is 19.4 Å². The van der Waals surface area contributed by atoms with E-state index in [1.165, 1.54) is 28.8 Å². The molecule has 0 spiro atoms. The average molecular weight is 477 g/mol. The second-order valence-corrected chi connectivity index (χ2v) is 8.77. The van der Waals surface area contributed by atoms with Crippen LogP contribution >= 0.6 is 0 Å². The molecule has 0 atom stereocenters. The molecule has 4 heterocycles. The zero-order valence-corrected chi connectivity index (χ0v) is 20.8. The predicted octanol–water partition coefficient (Wildman–Crippen LogP) is 5.27. The molecule has 0 saturated carbocycles. The molecule has 1 N–H and O–H groups in total. The molecule has 1 aliphatic heterocycles. The van der Waals surface area contributed by atoms with E-state index in [0.29, 0.717) is 17.5 Å². The molecule has 35 heavy (non-hydrogen) atoms. The molecule has 5 rings (SSSR count).